The van der Waals surface area contributed by atoms with Crippen LogP contribution in [0.5, 0.6) is 0 Å². The van der Waals surface area contributed by atoms with E-state index in [9.17, 15) is 4.79 Å². The predicted octanol–water partition coefficient (Wildman–Crippen LogP) is 1.14. The van der Waals surface area contributed by atoms with Crippen molar-refractivity contribution in [2.75, 3.05) is 19.8 Å². The van der Waals surface area contributed by atoms with Crippen LogP contribution in [-0.2, 0) is 9.47 Å². The SMILES string of the molecule is CCOC(N)=O.CCOCC. The number of ether oxygens (including phenoxy) is 2. The monoisotopic (exact) mass is 163 g/mol. The summed E-state index contributed by atoms with van der Waals surface area (Å²) in [6, 6.07) is 0. The fraction of sp³-hybridized carbons (Fsp3) is 0.857. The van der Waals surface area contributed by atoms with Gasteiger partial charge in [0.05, 0.1) is 6.61 Å². The number of amides is 1. The highest BCUT2D eigenvalue weighted by molar-refractivity contribution is 5.64. The summed E-state index contributed by atoms with van der Waals surface area (Å²) >= 11 is 0. The van der Waals surface area contributed by atoms with Crippen LogP contribution < -0.4 is 5.73 Å². The smallest absolute Gasteiger partial charge is 0.404 e. The molecule has 68 valence electrons. The molecular formula is C7H17NO3. The van der Waals surface area contributed by atoms with Crippen LogP contribution in [0.15, 0.2) is 0 Å². The van der Waals surface area contributed by atoms with Gasteiger partial charge in [0.1, 0.15) is 0 Å². The minimum absolute atomic E-state index is 0.356. The number of nitrogens with two attached hydrogens (primary N) is 1. The molecule has 4 heteroatoms. The van der Waals surface area contributed by atoms with Crippen molar-refractivity contribution < 1.29 is 14.3 Å². The molecule has 0 fully saturated rings. The third kappa shape index (κ3) is 27.0. The number of carbonyl (C=O) groups excluding carboxylic acids is 1. The number of hydrogen-bond acceptors (Lipinski definition) is 3. The zero-order chi connectivity index (χ0) is 9.11. The Hall–Kier alpha value is -0.770. The fourth-order valence-corrected chi connectivity index (χ4v) is 0.346. The first-order valence-electron chi connectivity index (χ1n) is 3.68. The quantitative estimate of drug-likeness (QED) is 0.678. The lowest BCUT2D eigenvalue weighted by atomic mass is 10.8. The molecular weight excluding hydrogens is 146 g/mol. The summed E-state index contributed by atoms with van der Waals surface area (Å²) in [5, 5.41) is 0. The van der Waals surface area contributed by atoms with Crippen LogP contribution in [0.25, 0.3) is 0 Å². The molecule has 0 aromatic carbocycles. The summed E-state index contributed by atoms with van der Waals surface area (Å²) in [5.41, 5.74) is 4.54. The number of hydrogen-bond donors (Lipinski definition) is 1. The molecule has 0 spiro atoms. The molecule has 0 saturated heterocycles. The molecule has 0 aromatic rings. The van der Waals surface area contributed by atoms with E-state index < -0.39 is 6.09 Å². The highest BCUT2D eigenvalue weighted by atomic mass is 16.5. The van der Waals surface area contributed by atoms with Gasteiger partial charge in [-0.15, -0.1) is 0 Å². The van der Waals surface area contributed by atoms with Gasteiger partial charge in [-0.25, -0.2) is 4.79 Å². The summed E-state index contributed by atoms with van der Waals surface area (Å²) in [5.74, 6) is 0. The Morgan fingerprint density at radius 1 is 1.18 bits per heavy atom. The van der Waals surface area contributed by atoms with E-state index in [1.807, 2.05) is 13.8 Å². The average molecular weight is 163 g/mol. The second-order valence-electron chi connectivity index (χ2n) is 1.53. The molecule has 1 amide bonds. The molecule has 0 unspecified atom stereocenters. The molecule has 4 nitrogen and oxygen atoms in total. The van der Waals surface area contributed by atoms with Gasteiger partial charge in [-0.05, 0) is 20.8 Å². The number of carbonyl (C=O) groups is 1. The van der Waals surface area contributed by atoms with Crippen LogP contribution in [0.2, 0.25) is 0 Å². The van der Waals surface area contributed by atoms with Crippen LogP contribution >= 0.6 is 0 Å². The van der Waals surface area contributed by atoms with Gasteiger partial charge in [0.25, 0.3) is 0 Å². The van der Waals surface area contributed by atoms with E-state index in [2.05, 4.69) is 10.5 Å². The standard InChI is InChI=1S/C4H10O.C3H7NO2/c1-3-5-4-2;1-2-6-3(4)5/h3-4H2,1-2H3;2H2,1H3,(H2,4,5). The predicted molar refractivity (Wildman–Crippen MR) is 43.4 cm³/mol. The Balaban J connectivity index is 0. The zero-order valence-electron chi connectivity index (χ0n) is 7.42. The van der Waals surface area contributed by atoms with Gasteiger partial charge in [0.15, 0.2) is 0 Å². The van der Waals surface area contributed by atoms with E-state index in [0.29, 0.717) is 6.61 Å². The van der Waals surface area contributed by atoms with Crippen molar-refractivity contribution in [3.05, 3.63) is 0 Å². The van der Waals surface area contributed by atoms with Gasteiger partial charge >= 0.3 is 6.09 Å². The Labute approximate surface area is 67.7 Å². The Morgan fingerprint density at radius 3 is 1.64 bits per heavy atom. The highest BCUT2D eigenvalue weighted by Gasteiger charge is 1.82. The second kappa shape index (κ2) is 12.0. The minimum Gasteiger partial charge on any atom is -0.450 e. The molecule has 2 N–H and O–H groups in total. The highest BCUT2D eigenvalue weighted by Crippen LogP contribution is 1.66. The topological polar surface area (TPSA) is 61.5 Å². The van der Waals surface area contributed by atoms with Gasteiger partial charge in [-0.2, -0.15) is 0 Å². The lowest BCUT2D eigenvalue weighted by Gasteiger charge is -1.89. The summed E-state index contributed by atoms with van der Waals surface area (Å²) in [6.45, 7) is 7.72. The van der Waals surface area contributed by atoms with Crippen molar-refractivity contribution in [2.45, 2.75) is 20.8 Å². The first-order valence-corrected chi connectivity index (χ1v) is 3.68. The van der Waals surface area contributed by atoms with E-state index in [-0.39, 0.29) is 0 Å². The minimum atomic E-state index is -0.711. The zero-order valence-corrected chi connectivity index (χ0v) is 7.42. The van der Waals surface area contributed by atoms with Crippen LogP contribution in [0.3, 0.4) is 0 Å². The van der Waals surface area contributed by atoms with Crippen molar-refractivity contribution >= 4 is 6.09 Å². The summed E-state index contributed by atoms with van der Waals surface area (Å²) in [4.78, 5) is 9.60. The first-order chi connectivity index (χ1) is 5.18. The van der Waals surface area contributed by atoms with Gasteiger partial charge in [0.2, 0.25) is 0 Å². The maximum absolute atomic E-state index is 9.60. The number of primary amides is 1. The summed E-state index contributed by atoms with van der Waals surface area (Å²) < 4.78 is 9.01. The summed E-state index contributed by atoms with van der Waals surface area (Å²) in [6.07, 6.45) is -0.711. The lowest BCUT2D eigenvalue weighted by molar-refractivity contribution is 0.162. The molecule has 0 aromatic heterocycles. The molecule has 0 bridgehead atoms. The second-order valence-corrected chi connectivity index (χ2v) is 1.53. The fourth-order valence-electron chi connectivity index (χ4n) is 0.346. The molecule has 0 aliphatic heterocycles. The molecule has 0 aliphatic carbocycles. The number of rotatable bonds is 3. The van der Waals surface area contributed by atoms with Crippen molar-refractivity contribution in [3.63, 3.8) is 0 Å². The van der Waals surface area contributed by atoms with Crippen molar-refractivity contribution in [2.24, 2.45) is 5.73 Å². The normalized spacial score (nSPS) is 7.91. The van der Waals surface area contributed by atoms with Crippen LogP contribution in [-0.4, -0.2) is 25.9 Å². The molecule has 0 aliphatic rings. The Bertz CT molecular complexity index is 83.8. The van der Waals surface area contributed by atoms with Crippen molar-refractivity contribution in [3.8, 4) is 0 Å². The Morgan fingerprint density at radius 2 is 1.64 bits per heavy atom. The van der Waals surface area contributed by atoms with E-state index in [4.69, 9.17) is 4.74 Å². The molecule has 0 heterocycles. The molecule has 11 heavy (non-hydrogen) atoms. The third-order valence-electron chi connectivity index (χ3n) is 0.695. The maximum atomic E-state index is 9.60. The molecule has 0 radical (unpaired) electrons. The first kappa shape index (κ1) is 12.9. The summed E-state index contributed by atoms with van der Waals surface area (Å²) in [7, 11) is 0. The molecule has 0 atom stereocenters. The van der Waals surface area contributed by atoms with Crippen molar-refractivity contribution in [1.82, 2.24) is 0 Å². The van der Waals surface area contributed by atoms with E-state index >= 15 is 0 Å². The van der Waals surface area contributed by atoms with Gasteiger partial charge in [0, 0.05) is 13.2 Å². The Kier molecular flexibility index (Phi) is 14.0. The molecule has 0 rings (SSSR count). The van der Waals surface area contributed by atoms with Gasteiger partial charge < -0.3 is 15.2 Å². The van der Waals surface area contributed by atoms with E-state index in [0.717, 1.165) is 13.2 Å². The lowest BCUT2D eigenvalue weighted by Crippen LogP contribution is -2.11. The average Bonchev–Trinajstić information content (AvgIpc) is 1.90. The van der Waals surface area contributed by atoms with Crippen LogP contribution in [0.1, 0.15) is 20.8 Å². The maximum Gasteiger partial charge on any atom is 0.404 e. The largest absolute Gasteiger partial charge is 0.450 e. The van der Waals surface area contributed by atoms with Gasteiger partial charge in [-0.3, -0.25) is 0 Å². The van der Waals surface area contributed by atoms with E-state index in [1.54, 1.807) is 6.92 Å². The van der Waals surface area contributed by atoms with Gasteiger partial charge in [-0.1, -0.05) is 0 Å². The van der Waals surface area contributed by atoms with Crippen molar-refractivity contribution in [1.29, 1.82) is 0 Å². The van der Waals surface area contributed by atoms with E-state index in [1.165, 1.54) is 0 Å². The molecule has 0 saturated carbocycles. The van der Waals surface area contributed by atoms with Crippen LogP contribution in [0, 0.1) is 0 Å². The third-order valence-corrected chi connectivity index (χ3v) is 0.695. The van der Waals surface area contributed by atoms with Crippen LogP contribution in [0.4, 0.5) is 4.79 Å².